The molecule has 4 aromatic rings. The fourth-order valence-corrected chi connectivity index (χ4v) is 3.86. The molecule has 0 radical (unpaired) electrons. The molecular weight excluding hydrogens is 423 g/mol. The molecule has 33 heavy (non-hydrogen) atoms. The number of pyridine rings is 2. The number of hydrogen-bond donors (Lipinski definition) is 1. The summed E-state index contributed by atoms with van der Waals surface area (Å²) in [5, 5.41) is 17.2. The van der Waals surface area contributed by atoms with Crippen LogP contribution in [0.5, 0.6) is 0 Å². The Morgan fingerprint density at radius 1 is 1.30 bits per heavy atom. The van der Waals surface area contributed by atoms with Crippen molar-refractivity contribution in [2.24, 2.45) is 0 Å². The molecule has 0 saturated carbocycles. The van der Waals surface area contributed by atoms with Crippen molar-refractivity contribution in [3.05, 3.63) is 83.2 Å². The number of nitrogens with one attached hydrogen (secondary N) is 1. The lowest BCUT2D eigenvalue weighted by Crippen LogP contribution is -2.33. The summed E-state index contributed by atoms with van der Waals surface area (Å²) in [6.45, 7) is 2.73. The molecule has 0 fully saturated rings. The smallest absolute Gasteiger partial charge is 0.251 e. The summed E-state index contributed by atoms with van der Waals surface area (Å²) in [6.07, 6.45) is 4.04. The Kier molecular flexibility index (Phi) is 5.07. The van der Waals surface area contributed by atoms with Gasteiger partial charge in [-0.1, -0.05) is 6.07 Å². The van der Waals surface area contributed by atoms with Gasteiger partial charge in [0.25, 0.3) is 5.91 Å². The van der Waals surface area contributed by atoms with Crippen molar-refractivity contribution in [1.82, 2.24) is 25.1 Å². The molecule has 1 aromatic carbocycles. The third-order valence-corrected chi connectivity index (χ3v) is 5.69. The average molecular weight is 442 g/mol. The van der Waals surface area contributed by atoms with E-state index in [0.717, 1.165) is 22.7 Å². The van der Waals surface area contributed by atoms with E-state index in [1.807, 2.05) is 19.1 Å². The van der Waals surface area contributed by atoms with E-state index < -0.39 is 11.2 Å². The number of nitrogens with zero attached hydrogens (tertiary/aromatic N) is 5. The Morgan fingerprint density at radius 3 is 2.97 bits per heavy atom. The Hall–Kier alpha value is -4.16. The van der Waals surface area contributed by atoms with E-state index in [4.69, 9.17) is 4.74 Å². The highest BCUT2D eigenvalue weighted by atomic mass is 19.1. The van der Waals surface area contributed by atoms with Crippen LogP contribution in [0.25, 0.3) is 16.7 Å². The summed E-state index contributed by atoms with van der Waals surface area (Å²) < 4.78 is 20.2. The predicted octanol–water partition coefficient (Wildman–Crippen LogP) is 3.20. The topological polar surface area (TPSA) is 106 Å². The molecule has 164 valence electrons. The second-order valence-corrected chi connectivity index (χ2v) is 8.13. The SMILES string of the molecule is CC1(C#N)COCc2ccc(C(=O)NCc3cc4nc(-n5cc(F)cn5)ccc4cn3)cc21. The lowest BCUT2D eigenvalue weighted by atomic mass is 9.79. The van der Waals surface area contributed by atoms with Crippen LogP contribution < -0.4 is 5.32 Å². The fourth-order valence-electron chi connectivity index (χ4n) is 3.86. The lowest BCUT2D eigenvalue weighted by molar-refractivity contribution is 0.0757. The normalized spacial score (nSPS) is 17.4. The molecule has 0 saturated heterocycles. The molecule has 0 bridgehead atoms. The maximum Gasteiger partial charge on any atom is 0.251 e. The van der Waals surface area contributed by atoms with Crippen LogP contribution >= 0.6 is 0 Å². The standard InChI is InChI=1S/C24H19FN6O2/c1-24(13-26)14-33-12-17-3-2-15(6-20(17)24)23(32)28-10-19-7-21-16(8-27-19)4-5-22(30-21)31-11-18(25)9-29-31/h2-9,11H,10,12,14H2,1H3,(H,28,32). The Labute approximate surface area is 188 Å². The second-order valence-electron chi connectivity index (χ2n) is 8.13. The van der Waals surface area contributed by atoms with Gasteiger partial charge < -0.3 is 10.1 Å². The maximum atomic E-state index is 13.3. The zero-order valence-electron chi connectivity index (χ0n) is 17.7. The molecule has 1 N–H and O–H groups in total. The van der Waals surface area contributed by atoms with Crippen LogP contribution in [0.4, 0.5) is 4.39 Å². The zero-order chi connectivity index (χ0) is 23.0. The maximum absolute atomic E-state index is 13.3. The van der Waals surface area contributed by atoms with Gasteiger partial charge in [-0.25, -0.2) is 14.1 Å². The Bertz CT molecular complexity index is 1430. The van der Waals surface area contributed by atoms with Crippen molar-refractivity contribution < 1.29 is 13.9 Å². The number of aromatic nitrogens is 4. The van der Waals surface area contributed by atoms with Gasteiger partial charge in [0.05, 0.1) is 49.4 Å². The first-order valence-electron chi connectivity index (χ1n) is 10.3. The van der Waals surface area contributed by atoms with Gasteiger partial charge in [0.15, 0.2) is 11.6 Å². The van der Waals surface area contributed by atoms with Gasteiger partial charge in [-0.05, 0) is 48.4 Å². The first-order chi connectivity index (χ1) is 15.9. The number of carbonyl (C=O) groups is 1. The minimum Gasteiger partial charge on any atom is -0.375 e. The highest BCUT2D eigenvalue weighted by Crippen LogP contribution is 2.32. The molecule has 0 aliphatic carbocycles. The summed E-state index contributed by atoms with van der Waals surface area (Å²) >= 11 is 0. The minimum absolute atomic E-state index is 0.201. The molecule has 1 atom stereocenters. The molecular formula is C24H19FN6O2. The van der Waals surface area contributed by atoms with Gasteiger partial charge in [0, 0.05) is 17.1 Å². The van der Waals surface area contributed by atoms with Crippen molar-refractivity contribution >= 4 is 16.8 Å². The van der Waals surface area contributed by atoms with Crippen LogP contribution in [-0.4, -0.2) is 32.3 Å². The number of ether oxygens (including phenoxy) is 1. The molecule has 1 unspecified atom stereocenters. The number of hydrogen-bond acceptors (Lipinski definition) is 6. The van der Waals surface area contributed by atoms with E-state index in [2.05, 4.69) is 26.5 Å². The predicted molar refractivity (Wildman–Crippen MR) is 117 cm³/mol. The monoisotopic (exact) mass is 442 g/mol. The van der Waals surface area contributed by atoms with E-state index in [1.54, 1.807) is 30.5 Å². The van der Waals surface area contributed by atoms with E-state index in [-0.39, 0.29) is 12.5 Å². The highest BCUT2D eigenvalue weighted by molar-refractivity contribution is 5.94. The largest absolute Gasteiger partial charge is 0.375 e. The van der Waals surface area contributed by atoms with Gasteiger partial charge in [0.2, 0.25) is 0 Å². The van der Waals surface area contributed by atoms with Crippen LogP contribution in [0.15, 0.2) is 55.0 Å². The van der Waals surface area contributed by atoms with Crippen LogP contribution in [0.2, 0.25) is 0 Å². The van der Waals surface area contributed by atoms with E-state index >= 15 is 0 Å². The molecule has 1 amide bonds. The van der Waals surface area contributed by atoms with Gasteiger partial charge in [-0.15, -0.1) is 0 Å². The fraction of sp³-hybridized carbons (Fsp3) is 0.208. The second kappa shape index (κ2) is 8.07. The molecule has 9 heteroatoms. The highest BCUT2D eigenvalue weighted by Gasteiger charge is 2.33. The van der Waals surface area contributed by atoms with Crippen molar-refractivity contribution in [2.75, 3.05) is 6.61 Å². The number of benzene rings is 1. The van der Waals surface area contributed by atoms with Crippen LogP contribution in [-0.2, 0) is 23.3 Å². The van der Waals surface area contributed by atoms with Crippen LogP contribution in [0.1, 0.15) is 34.1 Å². The summed E-state index contributed by atoms with van der Waals surface area (Å²) in [7, 11) is 0. The third kappa shape index (κ3) is 3.92. The van der Waals surface area contributed by atoms with Crippen molar-refractivity contribution in [3.63, 3.8) is 0 Å². The lowest BCUT2D eigenvalue weighted by Gasteiger charge is -2.30. The van der Waals surface area contributed by atoms with Crippen LogP contribution in [0.3, 0.4) is 0 Å². The van der Waals surface area contributed by atoms with Crippen LogP contribution in [0, 0.1) is 17.1 Å². The first kappa shape index (κ1) is 20.7. The summed E-state index contributed by atoms with van der Waals surface area (Å²) in [4.78, 5) is 21.7. The number of fused-ring (bicyclic) bond motifs is 2. The van der Waals surface area contributed by atoms with Crippen molar-refractivity contribution in [1.29, 1.82) is 5.26 Å². The van der Waals surface area contributed by atoms with Crippen molar-refractivity contribution in [2.45, 2.75) is 25.5 Å². The summed E-state index contributed by atoms with van der Waals surface area (Å²) in [6, 6.07) is 13.0. The Morgan fingerprint density at radius 2 is 2.18 bits per heavy atom. The van der Waals surface area contributed by atoms with E-state index in [9.17, 15) is 14.4 Å². The molecule has 1 aliphatic heterocycles. The van der Waals surface area contributed by atoms with Crippen molar-refractivity contribution in [3.8, 4) is 11.9 Å². The minimum atomic E-state index is -0.787. The molecule has 1 aliphatic rings. The molecule has 4 heterocycles. The number of nitriles is 1. The average Bonchev–Trinajstić information content (AvgIpc) is 3.28. The van der Waals surface area contributed by atoms with Gasteiger partial charge in [0.1, 0.15) is 5.41 Å². The number of carbonyl (C=O) groups excluding carboxylic acids is 1. The number of rotatable bonds is 4. The third-order valence-electron chi connectivity index (χ3n) is 5.69. The van der Waals surface area contributed by atoms with E-state index in [0.29, 0.717) is 35.8 Å². The quantitative estimate of drug-likeness (QED) is 0.520. The molecule has 5 rings (SSSR count). The zero-order valence-corrected chi connectivity index (χ0v) is 17.7. The van der Waals surface area contributed by atoms with Gasteiger partial charge in [-0.2, -0.15) is 10.4 Å². The summed E-state index contributed by atoms with van der Waals surface area (Å²) in [5.74, 6) is -0.230. The molecule has 3 aromatic heterocycles. The Balaban J connectivity index is 1.35. The first-order valence-corrected chi connectivity index (χ1v) is 10.3. The molecule has 8 nitrogen and oxygen atoms in total. The number of amides is 1. The number of halogens is 1. The van der Waals surface area contributed by atoms with E-state index in [1.165, 1.54) is 10.9 Å². The summed E-state index contributed by atoms with van der Waals surface area (Å²) in [5.41, 5.74) is 2.70. The van der Waals surface area contributed by atoms with Gasteiger partial charge in [-0.3, -0.25) is 9.78 Å². The van der Waals surface area contributed by atoms with Gasteiger partial charge >= 0.3 is 0 Å². The molecule has 0 spiro atoms.